The first-order valence-corrected chi connectivity index (χ1v) is 9.58. The topological polar surface area (TPSA) is 59.1 Å². The van der Waals surface area contributed by atoms with Crippen LogP contribution in [0.15, 0.2) is 42.5 Å². The zero-order valence-electron chi connectivity index (χ0n) is 16.2. The van der Waals surface area contributed by atoms with Gasteiger partial charge in [0.05, 0.1) is 6.54 Å². The van der Waals surface area contributed by atoms with Gasteiger partial charge in [-0.3, -0.25) is 9.59 Å². The molecule has 146 valence electrons. The molecule has 1 atom stereocenters. The van der Waals surface area contributed by atoms with E-state index in [1.165, 1.54) is 6.92 Å². The van der Waals surface area contributed by atoms with Crippen molar-refractivity contribution in [3.05, 3.63) is 53.6 Å². The van der Waals surface area contributed by atoms with Crippen molar-refractivity contribution in [1.82, 2.24) is 4.90 Å². The largest absolute Gasteiger partial charge is 0.454 e. The van der Waals surface area contributed by atoms with Crippen LogP contribution in [0.4, 0.5) is 5.69 Å². The number of hydrogen-bond donors (Lipinski definition) is 0. The minimum absolute atomic E-state index is 0.0569. The minimum Gasteiger partial charge on any atom is -0.454 e. The van der Waals surface area contributed by atoms with Crippen LogP contribution in [0.3, 0.4) is 0 Å². The third kappa shape index (κ3) is 3.30. The number of aryl methyl sites for hydroxylation is 1. The number of carbonyl (C=O) groups is 2. The zero-order chi connectivity index (χ0) is 19.7. The SMILES string of the molecule is CC(=O)N1CCC[C@@H]1C(=O)N(Cc1cccc2c1OCO2)c1ccccc1C. The van der Waals surface area contributed by atoms with Crippen LogP contribution < -0.4 is 14.4 Å². The Balaban J connectivity index is 1.71. The van der Waals surface area contributed by atoms with Gasteiger partial charge in [0.15, 0.2) is 11.5 Å². The summed E-state index contributed by atoms with van der Waals surface area (Å²) in [7, 11) is 0. The molecule has 0 unspecified atom stereocenters. The zero-order valence-corrected chi connectivity index (χ0v) is 16.2. The maximum absolute atomic E-state index is 13.6. The fourth-order valence-electron chi connectivity index (χ4n) is 4.01. The highest BCUT2D eigenvalue weighted by Gasteiger charge is 2.36. The fourth-order valence-corrected chi connectivity index (χ4v) is 4.01. The summed E-state index contributed by atoms with van der Waals surface area (Å²) >= 11 is 0. The Morgan fingerprint density at radius 2 is 1.96 bits per heavy atom. The molecule has 6 heteroatoms. The molecule has 4 rings (SSSR count). The fraction of sp³-hybridized carbons (Fsp3) is 0.364. The van der Waals surface area contributed by atoms with Gasteiger partial charge in [-0.25, -0.2) is 0 Å². The van der Waals surface area contributed by atoms with Crippen molar-refractivity contribution in [3.8, 4) is 11.5 Å². The van der Waals surface area contributed by atoms with Gasteiger partial charge in [0, 0.05) is 24.7 Å². The molecular formula is C22H24N2O4. The van der Waals surface area contributed by atoms with Crippen molar-refractivity contribution in [2.45, 2.75) is 39.3 Å². The highest BCUT2D eigenvalue weighted by atomic mass is 16.7. The molecule has 28 heavy (non-hydrogen) atoms. The Kier molecular flexibility index (Phi) is 4.94. The third-order valence-electron chi connectivity index (χ3n) is 5.42. The molecule has 0 radical (unpaired) electrons. The molecule has 6 nitrogen and oxygen atoms in total. The van der Waals surface area contributed by atoms with E-state index in [9.17, 15) is 9.59 Å². The summed E-state index contributed by atoms with van der Waals surface area (Å²) in [5.41, 5.74) is 2.74. The van der Waals surface area contributed by atoms with E-state index in [1.807, 2.05) is 49.4 Å². The van der Waals surface area contributed by atoms with Crippen molar-refractivity contribution in [2.75, 3.05) is 18.2 Å². The van der Waals surface area contributed by atoms with Gasteiger partial charge in [-0.2, -0.15) is 0 Å². The molecule has 2 aromatic carbocycles. The van der Waals surface area contributed by atoms with Crippen LogP contribution in [0.2, 0.25) is 0 Å². The Morgan fingerprint density at radius 3 is 2.75 bits per heavy atom. The molecule has 1 saturated heterocycles. The predicted molar refractivity (Wildman–Crippen MR) is 105 cm³/mol. The van der Waals surface area contributed by atoms with Gasteiger partial charge in [0.2, 0.25) is 18.6 Å². The lowest BCUT2D eigenvalue weighted by molar-refractivity contribution is -0.135. The Bertz CT molecular complexity index is 911. The summed E-state index contributed by atoms with van der Waals surface area (Å²) in [5.74, 6) is 1.26. The molecule has 0 spiro atoms. The van der Waals surface area contributed by atoms with Crippen LogP contribution in [-0.2, 0) is 16.1 Å². The average Bonchev–Trinajstić information content (AvgIpc) is 3.36. The molecule has 0 saturated carbocycles. The summed E-state index contributed by atoms with van der Waals surface area (Å²) < 4.78 is 11.1. The number of fused-ring (bicyclic) bond motifs is 1. The molecular weight excluding hydrogens is 356 g/mol. The molecule has 2 heterocycles. The lowest BCUT2D eigenvalue weighted by Crippen LogP contribution is -2.47. The monoisotopic (exact) mass is 380 g/mol. The molecule has 0 N–H and O–H groups in total. The minimum atomic E-state index is -0.425. The van der Waals surface area contributed by atoms with Crippen LogP contribution in [0.25, 0.3) is 0 Å². The van der Waals surface area contributed by atoms with Gasteiger partial charge in [0.25, 0.3) is 0 Å². The van der Waals surface area contributed by atoms with E-state index in [0.29, 0.717) is 31.0 Å². The first-order valence-electron chi connectivity index (χ1n) is 9.58. The summed E-state index contributed by atoms with van der Waals surface area (Å²) in [6.45, 7) is 4.69. The first-order chi connectivity index (χ1) is 13.6. The predicted octanol–water partition coefficient (Wildman–Crippen LogP) is 3.27. The second-order valence-electron chi connectivity index (χ2n) is 7.23. The molecule has 0 bridgehead atoms. The number of hydrogen-bond acceptors (Lipinski definition) is 4. The Morgan fingerprint density at radius 1 is 1.14 bits per heavy atom. The number of carbonyl (C=O) groups excluding carboxylic acids is 2. The Hall–Kier alpha value is -3.02. The van der Waals surface area contributed by atoms with Crippen molar-refractivity contribution < 1.29 is 19.1 Å². The number of nitrogens with zero attached hydrogens (tertiary/aromatic N) is 2. The van der Waals surface area contributed by atoms with E-state index < -0.39 is 6.04 Å². The van der Waals surface area contributed by atoms with Crippen molar-refractivity contribution in [2.24, 2.45) is 0 Å². The smallest absolute Gasteiger partial charge is 0.250 e. The number of amides is 2. The summed E-state index contributed by atoms with van der Waals surface area (Å²) in [4.78, 5) is 29.1. The van der Waals surface area contributed by atoms with Crippen LogP contribution in [0.1, 0.15) is 30.9 Å². The van der Waals surface area contributed by atoms with E-state index in [2.05, 4.69) is 0 Å². The van der Waals surface area contributed by atoms with Gasteiger partial charge in [-0.1, -0.05) is 30.3 Å². The average molecular weight is 380 g/mol. The van der Waals surface area contributed by atoms with E-state index in [-0.39, 0.29) is 18.6 Å². The number of rotatable bonds is 4. The number of benzene rings is 2. The van der Waals surface area contributed by atoms with E-state index in [1.54, 1.807) is 9.80 Å². The van der Waals surface area contributed by atoms with Gasteiger partial charge in [-0.15, -0.1) is 0 Å². The van der Waals surface area contributed by atoms with E-state index in [0.717, 1.165) is 23.2 Å². The number of ether oxygens (including phenoxy) is 2. The van der Waals surface area contributed by atoms with E-state index >= 15 is 0 Å². The van der Waals surface area contributed by atoms with Gasteiger partial charge in [0.1, 0.15) is 6.04 Å². The number of anilines is 1. The second-order valence-corrected chi connectivity index (χ2v) is 7.23. The first kappa shape index (κ1) is 18.3. The maximum atomic E-state index is 13.6. The Labute approximate surface area is 164 Å². The normalized spacial score (nSPS) is 17.6. The highest BCUT2D eigenvalue weighted by molar-refractivity contribution is 5.99. The van der Waals surface area contributed by atoms with Crippen LogP contribution in [0, 0.1) is 6.92 Å². The summed E-state index contributed by atoms with van der Waals surface area (Å²) in [5, 5.41) is 0. The molecule has 0 aromatic heterocycles. The van der Waals surface area contributed by atoms with Crippen molar-refractivity contribution >= 4 is 17.5 Å². The molecule has 1 fully saturated rings. The third-order valence-corrected chi connectivity index (χ3v) is 5.42. The van der Waals surface area contributed by atoms with Gasteiger partial charge < -0.3 is 19.3 Å². The quantitative estimate of drug-likeness (QED) is 0.817. The molecule has 2 aliphatic heterocycles. The van der Waals surface area contributed by atoms with Crippen LogP contribution in [-0.4, -0.2) is 36.1 Å². The highest BCUT2D eigenvalue weighted by Crippen LogP contribution is 2.37. The number of para-hydroxylation sites is 2. The summed E-state index contributed by atoms with van der Waals surface area (Å²) in [6.07, 6.45) is 1.53. The van der Waals surface area contributed by atoms with Gasteiger partial charge in [-0.05, 0) is 37.5 Å². The lowest BCUT2D eigenvalue weighted by Gasteiger charge is -2.31. The lowest BCUT2D eigenvalue weighted by atomic mass is 10.1. The van der Waals surface area contributed by atoms with Gasteiger partial charge >= 0.3 is 0 Å². The molecule has 2 aliphatic rings. The standard InChI is InChI=1S/C22H24N2O4/c1-15-7-3-4-9-18(15)24(22(26)19-10-6-12-23(19)16(2)25)13-17-8-5-11-20-21(17)28-14-27-20/h3-5,7-9,11,19H,6,10,12-14H2,1-2H3/t19-/m1/s1. The second kappa shape index (κ2) is 7.54. The van der Waals surface area contributed by atoms with Crippen molar-refractivity contribution in [3.63, 3.8) is 0 Å². The molecule has 2 aromatic rings. The van der Waals surface area contributed by atoms with Crippen LogP contribution >= 0.6 is 0 Å². The van der Waals surface area contributed by atoms with Crippen molar-refractivity contribution in [1.29, 1.82) is 0 Å². The summed E-state index contributed by atoms with van der Waals surface area (Å²) in [6, 6.07) is 13.1. The number of likely N-dealkylation sites (tertiary alicyclic amines) is 1. The maximum Gasteiger partial charge on any atom is 0.250 e. The van der Waals surface area contributed by atoms with Crippen LogP contribution in [0.5, 0.6) is 11.5 Å². The molecule has 2 amide bonds. The van der Waals surface area contributed by atoms with E-state index in [4.69, 9.17) is 9.47 Å². The molecule has 0 aliphatic carbocycles.